The molecule has 0 spiro atoms. The summed E-state index contributed by atoms with van der Waals surface area (Å²) in [4.78, 5) is 11.9. The third-order valence-electron chi connectivity index (χ3n) is 8.61. The highest BCUT2D eigenvalue weighted by Crippen LogP contribution is 2.79. The molecular weight excluding hydrogens is 579 g/mol. The number of hydrogen-bond acceptors (Lipinski definition) is 3. The van der Waals surface area contributed by atoms with Crippen molar-refractivity contribution in [2.24, 2.45) is 0 Å². The SMILES string of the molecule is N#Cc1cc(-c2ccccc2-c2ccccc2N2c3ccccc3S(c3ccccc3)(c3ccccc3)c3ccccc32)ccn1. The van der Waals surface area contributed by atoms with Crippen LogP contribution in [0.4, 0.5) is 17.1 Å². The summed E-state index contributed by atoms with van der Waals surface area (Å²) in [6.07, 6.45) is 1.71. The van der Waals surface area contributed by atoms with Crippen molar-refractivity contribution in [3.05, 3.63) is 182 Å². The van der Waals surface area contributed by atoms with E-state index in [1.807, 2.05) is 12.1 Å². The van der Waals surface area contributed by atoms with Crippen LogP contribution < -0.4 is 4.90 Å². The van der Waals surface area contributed by atoms with Gasteiger partial charge in [-0.05, 0) is 83.4 Å². The standard InChI is InChI=1S/C42H29N3S/c43-30-32-29-31(27-28-44-32)35-19-7-8-20-36(35)37-21-9-10-22-38(37)45-39-23-11-13-25-41(39)46(33-15-3-1-4-16-33,34-17-5-2-6-18-34)42-26-14-12-24-40(42)45/h1-29H. The molecule has 0 radical (unpaired) electrons. The predicted molar refractivity (Wildman–Crippen MR) is 188 cm³/mol. The maximum atomic E-state index is 9.59. The molecule has 8 rings (SSSR count). The van der Waals surface area contributed by atoms with Gasteiger partial charge in [-0.25, -0.2) is 4.98 Å². The molecule has 218 valence electrons. The molecule has 0 saturated heterocycles. The van der Waals surface area contributed by atoms with Crippen LogP contribution in [0.3, 0.4) is 0 Å². The summed E-state index contributed by atoms with van der Waals surface area (Å²) >= 11 is 0. The topological polar surface area (TPSA) is 39.9 Å². The fourth-order valence-corrected chi connectivity index (χ4v) is 10.9. The predicted octanol–water partition coefficient (Wildman–Crippen LogP) is 11.4. The maximum Gasteiger partial charge on any atom is 0.141 e. The minimum atomic E-state index is -1.83. The highest BCUT2D eigenvalue weighted by Gasteiger charge is 2.42. The zero-order chi connectivity index (χ0) is 30.9. The lowest BCUT2D eigenvalue weighted by Gasteiger charge is -2.50. The molecule has 0 amide bonds. The fraction of sp³-hybridized carbons (Fsp3) is 0. The third kappa shape index (κ3) is 4.33. The van der Waals surface area contributed by atoms with Crippen molar-refractivity contribution in [1.29, 1.82) is 5.26 Å². The molecule has 1 aromatic heterocycles. The zero-order valence-corrected chi connectivity index (χ0v) is 25.8. The number of nitrogens with zero attached hydrogens (tertiary/aromatic N) is 3. The largest absolute Gasteiger partial charge is 0.308 e. The monoisotopic (exact) mass is 607 g/mol. The highest BCUT2D eigenvalue weighted by atomic mass is 32.3. The van der Waals surface area contributed by atoms with Crippen molar-refractivity contribution in [3.8, 4) is 28.3 Å². The summed E-state index contributed by atoms with van der Waals surface area (Å²) in [5.41, 5.74) is 8.07. The Morgan fingerprint density at radius 1 is 0.478 bits per heavy atom. The number of pyridine rings is 1. The maximum absolute atomic E-state index is 9.59. The number of hydrogen-bond donors (Lipinski definition) is 0. The molecule has 6 aromatic carbocycles. The van der Waals surface area contributed by atoms with Crippen molar-refractivity contribution >= 4 is 27.1 Å². The van der Waals surface area contributed by atoms with Crippen molar-refractivity contribution < 1.29 is 0 Å². The van der Waals surface area contributed by atoms with Crippen molar-refractivity contribution in [2.75, 3.05) is 4.90 Å². The summed E-state index contributed by atoms with van der Waals surface area (Å²) in [5, 5.41) is 9.59. The first-order valence-corrected chi connectivity index (χ1v) is 16.9. The molecular formula is C42H29N3S. The Bertz CT molecular complexity index is 2150. The molecule has 1 aliphatic heterocycles. The van der Waals surface area contributed by atoms with Gasteiger partial charge < -0.3 is 4.90 Å². The second kappa shape index (κ2) is 11.6. The van der Waals surface area contributed by atoms with Gasteiger partial charge in [0.05, 0.1) is 17.1 Å². The van der Waals surface area contributed by atoms with Crippen LogP contribution in [0.1, 0.15) is 5.69 Å². The van der Waals surface area contributed by atoms with Crippen LogP contribution in [0.5, 0.6) is 0 Å². The quantitative estimate of drug-likeness (QED) is 0.195. The molecule has 0 aliphatic carbocycles. The van der Waals surface area contributed by atoms with E-state index in [-0.39, 0.29) is 0 Å². The van der Waals surface area contributed by atoms with Gasteiger partial charge in [-0.2, -0.15) is 5.26 Å². The number of aromatic nitrogens is 1. The summed E-state index contributed by atoms with van der Waals surface area (Å²) in [7, 11) is -1.83. The molecule has 4 heteroatoms. The lowest BCUT2D eigenvalue weighted by atomic mass is 9.93. The van der Waals surface area contributed by atoms with E-state index in [1.54, 1.807) is 6.20 Å². The van der Waals surface area contributed by atoms with Gasteiger partial charge in [0.2, 0.25) is 0 Å². The van der Waals surface area contributed by atoms with Crippen molar-refractivity contribution in [1.82, 2.24) is 4.98 Å². The van der Waals surface area contributed by atoms with Gasteiger partial charge in [0.25, 0.3) is 0 Å². The number of anilines is 3. The number of fused-ring (bicyclic) bond motifs is 2. The van der Waals surface area contributed by atoms with Crippen LogP contribution in [0.15, 0.2) is 196 Å². The van der Waals surface area contributed by atoms with Crippen LogP contribution in [-0.2, 0) is 0 Å². The molecule has 2 heterocycles. The lowest BCUT2D eigenvalue weighted by molar-refractivity contribution is 1.12. The third-order valence-corrected chi connectivity index (χ3v) is 12.6. The second-order valence-corrected chi connectivity index (χ2v) is 14.2. The van der Waals surface area contributed by atoms with Gasteiger partial charge in [0, 0.05) is 31.3 Å². The Hall–Kier alpha value is -5.89. The molecule has 0 unspecified atom stereocenters. The van der Waals surface area contributed by atoms with E-state index in [1.165, 1.54) is 31.0 Å². The Labute approximate surface area is 271 Å². The van der Waals surface area contributed by atoms with E-state index in [0.29, 0.717) is 5.69 Å². The van der Waals surface area contributed by atoms with Gasteiger partial charge in [-0.1, -0.05) is 103 Å². The summed E-state index contributed by atoms with van der Waals surface area (Å²) < 4.78 is 0. The van der Waals surface area contributed by atoms with Crippen molar-refractivity contribution in [3.63, 3.8) is 0 Å². The number of nitriles is 1. The average molecular weight is 608 g/mol. The van der Waals surface area contributed by atoms with E-state index >= 15 is 0 Å². The Morgan fingerprint density at radius 2 is 0.957 bits per heavy atom. The van der Waals surface area contributed by atoms with Gasteiger partial charge in [-0.3, -0.25) is 0 Å². The lowest BCUT2D eigenvalue weighted by Crippen LogP contribution is -2.22. The molecule has 0 bridgehead atoms. The summed E-state index contributed by atoms with van der Waals surface area (Å²) in [6, 6.07) is 63.0. The van der Waals surface area contributed by atoms with E-state index in [4.69, 9.17) is 0 Å². The van der Waals surface area contributed by atoms with Gasteiger partial charge >= 0.3 is 0 Å². The first kappa shape index (κ1) is 27.6. The molecule has 0 fully saturated rings. The Kier molecular flexibility index (Phi) is 6.94. The minimum Gasteiger partial charge on any atom is -0.308 e. The number of benzene rings is 6. The normalized spacial score (nSPS) is 13.6. The van der Waals surface area contributed by atoms with Crippen molar-refractivity contribution in [2.45, 2.75) is 19.6 Å². The van der Waals surface area contributed by atoms with Crippen LogP contribution in [-0.4, -0.2) is 4.98 Å². The van der Waals surface area contributed by atoms with Crippen LogP contribution in [0.2, 0.25) is 0 Å². The van der Waals surface area contributed by atoms with Gasteiger partial charge in [-0.15, -0.1) is 10.0 Å². The zero-order valence-electron chi connectivity index (χ0n) is 25.0. The average Bonchev–Trinajstić information content (AvgIpc) is 3.14. The van der Waals surface area contributed by atoms with E-state index in [0.717, 1.165) is 27.9 Å². The molecule has 1 aliphatic rings. The molecule has 0 atom stereocenters. The number of para-hydroxylation sites is 3. The van der Waals surface area contributed by atoms with Crippen LogP contribution in [0.25, 0.3) is 22.3 Å². The van der Waals surface area contributed by atoms with E-state index < -0.39 is 10.0 Å². The second-order valence-electron chi connectivity index (χ2n) is 11.1. The number of rotatable bonds is 5. The van der Waals surface area contributed by atoms with Crippen LogP contribution in [0, 0.1) is 11.3 Å². The molecule has 3 nitrogen and oxygen atoms in total. The summed E-state index contributed by atoms with van der Waals surface area (Å²) in [5.74, 6) is 0. The first-order chi connectivity index (χ1) is 22.8. The van der Waals surface area contributed by atoms with Gasteiger partial charge in [0.1, 0.15) is 11.8 Å². The smallest absolute Gasteiger partial charge is 0.141 e. The molecule has 0 N–H and O–H groups in total. The molecule has 46 heavy (non-hydrogen) atoms. The fourth-order valence-electron chi connectivity index (χ4n) is 6.73. The van der Waals surface area contributed by atoms with Gasteiger partial charge in [0.15, 0.2) is 0 Å². The van der Waals surface area contributed by atoms with Crippen LogP contribution >= 0.6 is 10.0 Å². The van der Waals surface area contributed by atoms with E-state index in [2.05, 4.69) is 174 Å². The first-order valence-electron chi connectivity index (χ1n) is 15.3. The Morgan fingerprint density at radius 3 is 1.54 bits per heavy atom. The Balaban J connectivity index is 1.42. The highest BCUT2D eigenvalue weighted by molar-refractivity contribution is 8.34. The van der Waals surface area contributed by atoms with E-state index in [9.17, 15) is 5.26 Å². The summed E-state index contributed by atoms with van der Waals surface area (Å²) in [6.45, 7) is 0. The molecule has 0 saturated carbocycles. The molecule has 7 aromatic rings. The minimum absolute atomic E-state index is 0.403.